The number of hydrogen-bond acceptors (Lipinski definition) is 3. The summed E-state index contributed by atoms with van der Waals surface area (Å²) < 4.78 is 11.0. The number of halogens is 1. The molecule has 0 aromatic heterocycles. The second-order valence-corrected chi connectivity index (χ2v) is 7.67. The molecule has 0 aromatic rings. The van der Waals surface area contributed by atoms with Crippen LogP contribution in [0.3, 0.4) is 0 Å². The Morgan fingerprint density at radius 2 is 1.72 bits per heavy atom. The topological polar surface area (TPSA) is 46.1 Å². The van der Waals surface area contributed by atoms with Crippen LogP contribution in [0.5, 0.6) is 0 Å². The summed E-state index contributed by atoms with van der Waals surface area (Å²) in [7, 11) is 3.66. The molecule has 2 saturated carbocycles. The molecule has 0 aromatic carbocycles. The number of likely N-dealkylation sites (tertiary alicyclic amines) is 1. The Morgan fingerprint density at radius 3 is 2.24 bits per heavy atom. The molecule has 0 radical (unpaired) electrons. The van der Waals surface area contributed by atoms with E-state index in [4.69, 9.17) is 9.47 Å². The predicted molar refractivity (Wildman–Crippen MR) is 113 cm³/mol. The Hall–Kier alpha value is -0.0800. The number of aliphatic imine (C=N–C) groups is 1. The van der Waals surface area contributed by atoms with Crippen LogP contribution in [0, 0.1) is 17.8 Å². The Balaban J connectivity index is 0.00000225. The van der Waals surface area contributed by atoms with E-state index in [0.29, 0.717) is 6.10 Å². The van der Waals surface area contributed by atoms with Gasteiger partial charge in [0.15, 0.2) is 5.96 Å². The van der Waals surface area contributed by atoms with Crippen molar-refractivity contribution in [1.82, 2.24) is 10.2 Å². The summed E-state index contributed by atoms with van der Waals surface area (Å²) in [5, 5.41) is 3.68. The predicted octanol–water partition coefficient (Wildman–Crippen LogP) is 3.13. The molecule has 0 bridgehead atoms. The van der Waals surface area contributed by atoms with Crippen LogP contribution in [0.2, 0.25) is 0 Å². The van der Waals surface area contributed by atoms with Crippen LogP contribution < -0.4 is 5.32 Å². The molecule has 1 heterocycles. The third-order valence-corrected chi connectivity index (χ3v) is 5.75. The van der Waals surface area contributed by atoms with Crippen molar-refractivity contribution in [3.05, 3.63) is 0 Å². The number of hydrogen-bond donors (Lipinski definition) is 1. The second-order valence-electron chi connectivity index (χ2n) is 7.67. The zero-order chi connectivity index (χ0) is 16.8. The minimum atomic E-state index is 0. The lowest BCUT2D eigenvalue weighted by molar-refractivity contribution is 0.00987. The number of nitrogens with one attached hydrogen (secondary N) is 1. The second kappa shape index (κ2) is 10.9. The molecule has 3 rings (SSSR count). The smallest absolute Gasteiger partial charge is 0.193 e. The first-order valence-corrected chi connectivity index (χ1v) is 9.88. The van der Waals surface area contributed by atoms with Gasteiger partial charge in [0.25, 0.3) is 0 Å². The molecule has 0 atom stereocenters. The molecule has 0 unspecified atom stereocenters. The Kier molecular flexibility index (Phi) is 9.27. The van der Waals surface area contributed by atoms with Crippen LogP contribution in [0.15, 0.2) is 4.99 Å². The van der Waals surface area contributed by atoms with Gasteiger partial charge in [-0.15, -0.1) is 24.0 Å². The highest BCUT2D eigenvalue weighted by atomic mass is 127. The van der Waals surface area contributed by atoms with Gasteiger partial charge in [-0.2, -0.15) is 0 Å². The minimum Gasteiger partial charge on any atom is -0.385 e. The monoisotopic (exact) mass is 465 g/mol. The van der Waals surface area contributed by atoms with Crippen molar-refractivity contribution >= 4 is 29.9 Å². The Morgan fingerprint density at radius 1 is 1.08 bits per heavy atom. The van der Waals surface area contributed by atoms with Crippen molar-refractivity contribution in [3.8, 4) is 0 Å². The van der Waals surface area contributed by atoms with E-state index in [0.717, 1.165) is 75.8 Å². The average molecular weight is 465 g/mol. The average Bonchev–Trinajstić information content (AvgIpc) is 3.50. The van der Waals surface area contributed by atoms with Crippen LogP contribution in [0.4, 0.5) is 0 Å². The van der Waals surface area contributed by atoms with Gasteiger partial charge in [0.1, 0.15) is 0 Å². The van der Waals surface area contributed by atoms with Gasteiger partial charge in [0, 0.05) is 47.0 Å². The van der Waals surface area contributed by atoms with E-state index >= 15 is 0 Å². The van der Waals surface area contributed by atoms with Crippen LogP contribution in [-0.4, -0.2) is 64.0 Å². The standard InChI is InChI=1S/C19H35N3O2.HI/c1-20-19(21-14-18(15-4-5-15)16-6-7-16)22-10-8-17(9-11-22)24-13-3-12-23-2;/h15-18H,3-14H2,1-2H3,(H,20,21);1H. The first kappa shape index (κ1) is 21.2. The molecule has 5 nitrogen and oxygen atoms in total. The van der Waals surface area contributed by atoms with E-state index in [9.17, 15) is 0 Å². The van der Waals surface area contributed by atoms with Gasteiger partial charge in [-0.05, 0) is 62.7 Å². The highest BCUT2D eigenvalue weighted by Crippen LogP contribution is 2.48. The minimum absolute atomic E-state index is 0. The number of methoxy groups -OCH3 is 1. The lowest BCUT2D eigenvalue weighted by Crippen LogP contribution is -2.48. The zero-order valence-electron chi connectivity index (χ0n) is 15.9. The fourth-order valence-electron chi connectivity index (χ4n) is 4.00. The Bertz CT molecular complexity index is 393. The van der Waals surface area contributed by atoms with Crippen molar-refractivity contribution < 1.29 is 9.47 Å². The van der Waals surface area contributed by atoms with Crippen molar-refractivity contribution in [2.24, 2.45) is 22.7 Å². The molecule has 25 heavy (non-hydrogen) atoms. The number of piperidine rings is 1. The van der Waals surface area contributed by atoms with E-state index in [1.165, 1.54) is 25.7 Å². The largest absolute Gasteiger partial charge is 0.385 e. The van der Waals surface area contributed by atoms with Gasteiger partial charge in [0.2, 0.25) is 0 Å². The molecular formula is C19H36IN3O2. The van der Waals surface area contributed by atoms with Gasteiger partial charge < -0.3 is 19.7 Å². The van der Waals surface area contributed by atoms with Gasteiger partial charge in [0.05, 0.1) is 6.10 Å². The number of ether oxygens (including phenoxy) is 2. The summed E-state index contributed by atoms with van der Waals surface area (Å²) in [5.41, 5.74) is 0. The van der Waals surface area contributed by atoms with Gasteiger partial charge in [-0.1, -0.05) is 0 Å². The molecule has 146 valence electrons. The maximum Gasteiger partial charge on any atom is 0.193 e. The van der Waals surface area contributed by atoms with Crippen LogP contribution in [-0.2, 0) is 9.47 Å². The third-order valence-electron chi connectivity index (χ3n) is 5.75. The quantitative estimate of drug-likeness (QED) is 0.246. The van der Waals surface area contributed by atoms with Crippen molar-refractivity contribution in [2.45, 2.75) is 51.0 Å². The normalized spacial score (nSPS) is 22.2. The summed E-state index contributed by atoms with van der Waals surface area (Å²) in [6.45, 7) is 4.82. The maximum atomic E-state index is 5.96. The van der Waals surface area contributed by atoms with Gasteiger partial charge >= 0.3 is 0 Å². The maximum absolute atomic E-state index is 5.96. The van der Waals surface area contributed by atoms with Crippen molar-refractivity contribution in [1.29, 1.82) is 0 Å². The molecule has 1 saturated heterocycles. The number of guanidine groups is 1. The highest BCUT2D eigenvalue weighted by molar-refractivity contribution is 14.0. The highest BCUT2D eigenvalue weighted by Gasteiger charge is 2.41. The first-order chi connectivity index (χ1) is 11.8. The number of rotatable bonds is 9. The van der Waals surface area contributed by atoms with Crippen LogP contribution >= 0.6 is 24.0 Å². The van der Waals surface area contributed by atoms with Crippen molar-refractivity contribution in [3.63, 3.8) is 0 Å². The lowest BCUT2D eigenvalue weighted by atomic mass is 9.98. The summed E-state index contributed by atoms with van der Waals surface area (Å²) in [5.74, 6) is 3.98. The summed E-state index contributed by atoms with van der Waals surface area (Å²) in [6, 6.07) is 0. The molecule has 0 spiro atoms. The molecule has 1 N–H and O–H groups in total. The van der Waals surface area contributed by atoms with E-state index in [2.05, 4.69) is 15.2 Å². The molecule has 3 aliphatic rings. The SMILES string of the molecule is CN=C(NCC(C1CC1)C1CC1)N1CCC(OCCCOC)CC1.I. The summed E-state index contributed by atoms with van der Waals surface area (Å²) in [6.07, 6.45) is 9.40. The molecule has 1 aliphatic heterocycles. The molecule has 2 aliphatic carbocycles. The van der Waals surface area contributed by atoms with Gasteiger partial charge in [-0.3, -0.25) is 4.99 Å². The first-order valence-electron chi connectivity index (χ1n) is 9.88. The molecule has 0 amide bonds. The number of nitrogens with zero attached hydrogens (tertiary/aromatic N) is 2. The fraction of sp³-hybridized carbons (Fsp3) is 0.947. The van der Waals surface area contributed by atoms with E-state index in [-0.39, 0.29) is 24.0 Å². The van der Waals surface area contributed by atoms with Crippen LogP contribution in [0.1, 0.15) is 44.9 Å². The molecule has 6 heteroatoms. The van der Waals surface area contributed by atoms with Crippen LogP contribution in [0.25, 0.3) is 0 Å². The lowest BCUT2D eigenvalue weighted by Gasteiger charge is -2.34. The van der Waals surface area contributed by atoms with Crippen molar-refractivity contribution in [2.75, 3.05) is 47.0 Å². The van der Waals surface area contributed by atoms with E-state index in [1.54, 1.807) is 7.11 Å². The molecule has 3 fully saturated rings. The third kappa shape index (κ3) is 6.86. The zero-order valence-corrected chi connectivity index (χ0v) is 18.2. The van der Waals surface area contributed by atoms with E-state index in [1.807, 2.05) is 7.05 Å². The summed E-state index contributed by atoms with van der Waals surface area (Å²) in [4.78, 5) is 6.94. The summed E-state index contributed by atoms with van der Waals surface area (Å²) >= 11 is 0. The van der Waals surface area contributed by atoms with E-state index < -0.39 is 0 Å². The Labute approximate surface area is 170 Å². The molecular weight excluding hydrogens is 429 g/mol. The van der Waals surface area contributed by atoms with Gasteiger partial charge in [-0.25, -0.2) is 0 Å². The fourth-order valence-corrected chi connectivity index (χ4v) is 4.00.